The Bertz CT molecular complexity index is 434. The van der Waals surface area contributed by atoms with Crippen LogP contribution in [0.1, 0.15) is 6.42 Å². The summed E-state index contributed by atoms with van der Waals surface area (Å²) in [6.07, 6.45) is -0.417. The molecule has 0 unspecified atom stereocenters. The smallest absolute Gasteiger partial charge is 0.220 e. The van der Waals surface area contributed by atoms with Crippen molar-refractivity contribution in [2.45, 2.75) is 6.42 Å². The molecule has 2 N–H and O–H groups in total. The number of hydrogen-bond acceptors (Lipinski definition) is 2. The lowest BCUT2D eigenvalue weighted by atomic mass is 10.2. The summed E-state index contributed by atoms with van der Waals surface area (Å²) in [5, 5.41) is 0. The first-order valence-corrected chi connectivity index (χ1v) is 4.28. The molecular weight excluding hydrogens is 249 g/mol. The van der Waals surface area contributed by atoms with Crippen molar-refractivity contribution in [1.82, 2.24) is 0 Å². The Morgan fingerprint density at radius 3 is 1.76 bits per heavy atom. The van der Waals surface area contributed by atoms with E-state index in [1.165, 1.54) is 0 Å². The number of carbonyl (C=O) groups is 1. The maximum Gasteiger partial charge on any atom is 0.220 e. The SMILES string of the molecule is NC(=O)CCOc1c(F)c(F)c(F)c(F)c1F. The lowest BCUT2D eigenvalue weighted by molar-refractivity contribution is -0.118. The van der Waals surface area contributed by atoms with E-state index in [9.17, 15) is 26.7 Å². The largest absolute Gasteiger partial charge is 0.487 e. The van der Waals surface area contributed by atoms with Gasteiger partial charge in [0.1, 0.15) is 0 Å². The van der Waals surface area contributed by atoms with Gasteiger partial charge in [-0.3, -0.25) is 4.79 Å². The fourth-order valence-electron chi connectivity index (χ4n) is 0.965. The van der Waals surface area contributed by atoms with Gasteiger partial charge in [-0.15, -0.1) is 0 Å². The highest BCUT2D eigenvalue weighted by Gasteiger charge is 2.26. The van der Waals surface area contributed by atoms with Gasteiger partial charge in [0.15, 0.2) is 5.75 Å². The molecule has 0 aliphatic carbocycles. The van der Waals surface area contributed by atoms with E-state index >= 15 is 0 Å². The van der Waals surface area contributed by atoms with E-state index in [-0.39, 0.29) is 0 Å². The number of amides is 1. The zero-order valence-electron chi connectivity index (χ0n) is 8.20. The first-order chi connectivity index (χ1) is 7.86. The van der Waals surface area contributed by atoms with Crippen LogP contribution in [-0.2, 0) is 4.79 Å². The monoisotopic (exact) mass is 255 g/mol. The van der Waals surface area contributed by atoms with Crippen LogP contribution in [0.3, 0.4) is 0 Å². The van der Waals surface area contributed by atoms with Crippen LogP contribution in [0.25, 0.3) is 0 Å². The average molecular weight is 255 g/mol. The number of halogens is 5. The summed E-state index contributed by atoms with van der Waals surface area (Å²) < 4.78 is 68.1. The van der Waals surface area contributed by atoms with Crippen molar-refractivity contribution in [3.63, 3.8) is 0 Å². The summed E-state index contributed by atoms with van der Waals surface area (Å²) in [6, 6.07) is 0. The molecular formula is C9H6F5NO2. The molecule has 17 heavy (non-hydrogen) atoms. The molecule has 1 aromatic carbocycles. The van der Waals surface area contributed by atoms with Crippen molar-refractivity contribution in [3.8, 4) is 5.75 Å². The van der Waals surface area contributed by atoms with Gasteiger partial charge in [0.25, 0.3) is 0 Å². The molecule has 94 valence electrons. The number of nitrogens with two attached hydrogens (primary N) is 1. The Kier molecular flexibility index (Phi) is 3.87. The molecule has 0 atom stereocenters. The Labute approximate surface area is 92.0 Å². The molecule has 0 radical (unpaired) electrons. The van der Waals surface area contributed by atoms with Crippen LogP contribution in [0, 0.1) is 29.1 Å². The predicted octanol–water partition coefficient (Wildman–Crippen LogP) is 1.64. The van der Waals surface area contributed by atoms with Crippen LogP contribution in [-0.4, -0.2) is 12.5 Å². The van der Waals surface area contributed by atoms with Crippen LogP contribution in [0.5, 0.6) is 5.75 Å². The molecule has 0 aliphatic rings. The topological polar surface area (TPSA) is 52.3 Å². The fourth-order valence-corrected chi connectivity index (χ4v) is 0.965. The van der Waals surface area contributed by atoms with Crippen molar-refractivity contribution < 1.29 is 31.5 Å². The van der Waals surface area contributed by atoms with Gasteiger partial charge in [-0.25, -0.2) is 13.2 Å². The molecule has 0 aliphatic heterocycles. The predicted molar refractivity (Wildman–Crippen MR) is 45.5 cm³/mol. The first-order valence-electron chi connectivity index (χ1n) is 4.28. The van der Waals surface area contributed by atoms with Gasteiger partial charge in [0, 0.05) is 0 Å². The van der Waals surface area contributed by atoms with E-state index in [4.69, 9.17) is 5.73 Å². The molecule has 1 amide bonds. The van der Waals surface area contributed by atoms with Crippen molar-refractivity contribution in [2.75, 3.05) is 6.61 Å². The summed E-state index contributed by atoms with van der Waals surface area (Å²) in [4.78, 5) is 10.3. The normalized spacial score (nSPS) is 10.4. The van der Waals surface area contributed by atoms with Crippen molar-refractivity contribution >= 4 is 5.91 Å². The Morgan fingerprint density at radius 1 is 0.941 bits per heavy atom. The summed E-state index contributed by atoms with van der Waals surface area (Å²) in [5.74, 6) is -13.0. The summed E-state index contributed by atoms with van der Waals surface area (Å²) in [6.45, 7) is -0.590. The third kappa shape index (κ3) is 2.63. The second-order valence-corrected chi connectivity index (χ2v) is 2.96. The van der Waals surface area contributed by atoms with Gasteiger partial charge >= 0.3 is 0 Å². The van der Waals surface area contributed by atoms with Gasteiger partial charge in [0.05, 0.1) is 13.0 Å². The summed E-state index contributed by atoms with van der Waals surface area (Å²) in [5.41, 5.74) is 4.70. The molecule has 0 bridgehead atoms. The average Bonchev–Trinajstić information content (AvgIpc) is 2.28. The van der Waals surface area contributed by atoms with E-state index in [1.807, 2.05) is 0 Å². The standard InChI is InChI=1S/C9H6F5NO2/c10-4-5(11)7(13)9(8(14)6(4)12)17-2-1-3(15)16/h1-2H2,(H2,15,16). The molecule has 0 saturated carbocycles. The number of primary amides is 1. The van der Waals surface area contributed by atoms with Crippen LogP contribution in [0.4, 0.5) is 22.0 Å². The zero-order valence-corrected chi connectivity index (χ0v) is 8.20. The third-order valence-electron chi connectivity index (χ3n) is 1.76. The third-order valence-corrected chi connectivity index (χ3v) is 1.76. The van der Waals surface area contributed by atoms with E-state index in [0.29, 0.717) is 0 Å². The van der Waals surface area contributed by atoms with Crippen LogP contribution in [0.15, 0.2) is 0 Å². The van der Waals surface area contributed by atoms with E-state index in [0.717, 1.165) is 0 Å². The van der Waals surface area contributed by atoms with Crippen LogP contribution in [0.2, 0.25) is 0 Å². The van der Waals surface area contributed by atoms with Crippen molar-refractivity contribution in [3.05, 3.63) is 29.1 Å². The highest BCUT2D eigenvalue weighted by Crippen LogP contribution is 2.28. The Hall–Kier alpha value is -1.86. The van der Waals surface area contributed by atoms with E-state index in [1.54, 1.807) is 0 Å². The van der Waals surface area contributed by atoms with Gasteiger partial charge in [0.2, 0.25) is 35.0 Å². The second kappa shape index (κ2) is 4.98. The zero-order chi connectivity index (χ0) is 13.2. The van der Waals surface area contributed by atoms with Gasteiger partial charge < -0.3 is 10.5 Å². The lowest BCUT2D eigenvalue weighted by Crippen LogP contribution is -2.16. The fraction of sp³-hybridized carbons (Fsp3) is 0.222. The number of carbonyl (C=O) groups excluding carboxylic acids is 1. The molecule has 0 heterocycles. The Balaban J connectivity index is 3.03. The van der Waals surface area contributed by atoms with Gasteiger partial charge in [-0.2, -0.15) is 8.78 Å². The maximum atomic E-state index is 13.0. The number of rotatable bonds is 4. The quantitative estimate of drug-likeness (QED) is 0.505. The Morgan fingerprint density at radius 2 is 1.35 bits per heavy atom. The molecule has 3 nitrogen and oxygen atoms in total. The molecule has 0 saturated heterocycles. The van der Waals surface area contributed by atoms with Crippen molar-refractivity contribution in [2.24, 2.45) is 5.73 Å². The molecule has 1 rings (SSSR count). The second-order valence-electron chi connectivity index (χ2n) is 2.96. The molecule has 0 aromatic heterocycles. The summed E-state index contributed by atoms with van der Waals surface area (Å²) in [7, 11) is 0. The lowest BCUT2D eigenvalue weighted by Gasteiger charge is -2.09. The van der Waals surface area contributed by atoms with Gasteiger partial charge in [-0.05, 0) is 0 Å². The highest BCUT2D eigenvalue weighted by molar-refractivity contribution is 5.73. The molecule has 1 aromatic rings. The molecule has 8 heteroatoms. The minimum Gasteiger partial charge on any atom is -0.487 e. The van der Waals surface area contributed by atoms with Crippen LogP contribution < -0.4 is 10.5 Å². The van der Waals surface area contributed by atoms with Gasteiger partial charge in [-0.1, -0.05) is 0 Å². The highest BCUT2D eigenvalue weighted by atomic mass is 19.2. The van der Waals surface area contributed by atoms with Crippen molar-refractivity contribution in [1.29, 1.82) is 0 Å². The first kappa shape index (κ1) is 13.2. The molecule has 0 fully saturated rings. The summed E-state index contributed by atoms with van der Waals surface area (Å²) >= 11 is 0. The minimum absolute atomic E-state index is 0.417. The van der Waals surface area contributed by atoms with E-state index in [2.05, 4.69) is 4.74 Å². The minimum atomic E-state index is -2.28. The molecule has 0 spiro atoms. The number of ether oxygens (including phenoxy) is 1. The number of benzene rings is 1. The maximum absolute atomic E-state index is 13.0. The number of hydrogen-bond donors (Lipinski definition) is 1. The van der Waals surface area contributed by atoms with E-state index < -0.39 is 53.8 Å². The van der Waals surface area contributed by atoms with Crippen LogP contribution >= 0.6 is 0 Å².